The number of aryl methyl sites for hydroxylation is 2. The van der Waals surface area contributed by atoms with Gasteiger partial charge in [-0.1, -0.05) is 11.3 Å². The molecule has 1 saturated heterocycles. The van der Waals surface area contributed by atoms with Crippen molar-refractivity contribution in [1.29, 1.82) is 0 Å². The molecule has 1 fully saturated rings. The zero-order valence-corrected chi connectivity index (χ0v) is 18.7. The molecule has 4 rings (SSSR count). The first-order valence-electron chi connectivity index (χ1n) is 10.1. The normalized spacial score (nSPS) is 14.1. The zero-order valence-electron chi connectivity index (χ0n) is 17.9. The van der Waals surface area contributed by atoms with Gasteiger partial charge in [-0.15, -0.1) is 10.2 Å². The summed E-state index contributed by atoms with van der Waals surface area (Å²) < 4.78 is 6.57. The van der Waals surface area contributed by atoms with Gasteiger partial charge < -0.3 is 19.1 Å². The Kier molecular flexibility index (Phi) is 5.78. The molecule has 0 amide bonds. The fraction of sp³-hybridized carbons (Fsp3) is 0.400. The molecule has 1 aromatic carbocycles. The van der Waals surface area contributed by atoms with Gasteiger partial charge in [-0.25, -0.2) is 4.79 Å². The van der Waals surface area contributed by atoms with E-state index >= 15 is 0 Å². The van der Waals surface area contributed by atoms with Gasteiger partial charge in [-0.3, -0.25) is 14.9 Å². The lowest BCUT2D eigenvalue weighted by molar-refractivity contribution is -0.384. The Hall–Kier alpha value is -3.54. The number of carbonyl (C=O) groups excluding carboxylic acids is 1. The molecule has 0 unspecified atom stereocenters. The highest BCUT2D eigenvalue weighted by Crippen LogP contribution is 2.33. The number of aromatic nitrogens is 3. The first-order valence-corrected chi connectivity index (χ1v) is 10.9. The van der Waals surface area contributed by atoms with Crippen molar-refractivity contribution < 1.29 is 14.5 Å². The fourth-order valence-corrected chi connectivity index (χ4v) is 4.55. The molecular formula is C20H22N6O5S. The summed E-state index contributed by atoms with van der Waals surface area (Å²) in [5.74, 6) is -0.746. The van der Waals surface area contributed by atoms with Crippen molar-refractivity contribution in [2.45, 2.75) is 13.8 Å². The van der Waals surface area contributed by atoms with Crippen LogP contribution in [0.2, 0.25) is 0 Å². The maximum Gasteiger partial charge on any atom is 0.343 e. The lowest BCUT2D eigenvalue weighted by Crippen LogP contribution is -2.46. The average molecular weight is 459 g/mol. The second-order valence-electron chi connectivity index (χ2n) is 7.40. The van der Waals surface area contributed by atoms with Gasteiger partial charge in [0.05, 0.1) is 22.4 Å². The maximum absolute atomic E-state index is 12.9. The molecular weight excluding hydrogens is 436 g/mol. The van der Waals surface area contributed by atoms with Crippen LogP contribution in [-0.4, -0.2) is 58.4 Å². The number of anilines is 2. The van der Waals surface area contributed by atoms with Gasteiger partial charge in [0, 0.05) is 45.5 Å². The van der Waals surface area contributed by atoms with E-state index in [1.807, 2.05) is 11.8 Å². The average Bonchev–Trinajstić information content (AvgIpc) is 3.22. The van der Waals surface area contributed by atoms with Crippen molar-refractivity contribution in [2.75, 3.05) is 42.6 Å². The fourth-order valence-electron chi connectivity index (χ4n) is 3.81. The van der Waals surface area contributed by atoms with E-state index in [9.17, 15) is 19.7 Å². The quantitative estimate of drug-likeness (QED) is 0.321. The number of benzene rings is 1. The van der Waals surface area contributed by atoms with Gasteiger partial charge in [0.2, 0.25) is 10.6 Å². The number of ether oxygens (including phenoxy) is 1. The predicted molar refractivity (Wildman–Crippen MR) is 121 cm³/mol. The van der Waals surface area contributed by atoms with Gasteiger partial charge >= 0.3 is 5.97 Å². The van der Waals surface area contributed by atoms with Crippen molar-refractivity contribution in [3.8, 4) is 0 Å². The minimum atomic E-state index is -0.746. The molecule has 0 aliphatic carbocycles. The summed E-state index contributed by atoms with van der Waals surface area (Å²) in [6, 6.07) is 2.91. The number of hydrogen-bond acceptors (Lipinski definition) is 10. The molecule has 0 bridgehead atoms. The van der Waals surface area contributed by atoms with Crippen LogP contribution in [0.3, 0.4) is 0 Å². The van der Waals surface area contributed by atoms with Crippen molar-refractivity contribution >= 4 is 44.7 Å². The van der Waals surface area contributed by atoms with E-state index in [0.29, 0.717) is 37.4 Å². The lowest BCUT2D eigenvalue weighted by atomic mass is 10.1. The third kappa shape index (κ3) is 3.88. The number of fused-ring (bicyclic) bond motifs is 1. The molecule has 0 N–H and O–H groups in total. The zero-order chi connectivity index (χ0) is 23.0. The Morgan fingerprint density at radius 3 is 2.50 bits per heavy atom. The summed E-state index contributed by atoms with van der Waals surface area (Å²) in [4.78, 5) is 40.5. The molecule has 12 heteroatoms. The lowest BCUT2D eigenvalue weighted by Gasteiger charge is -2.35. The molecule has 0 saturated carbocycles. The molecule has 0 spiro atoms. The molecule has 3 heterocycles. The number of esters is 1. The van der Waals surface area contributed by atoms with E-state index in [2.05, 4.69) is 15.1 Å². The van der Waals surface area contributed by atoms with Crippen LogP contribution in [0, 0.1) is 17.0 Å². The Balaban J connectivity index is 1.72. The molecule has 1 aliphatic rings. The van der Waals surface area contributed by atoms with Crippen LogP contribution in [0.4, 0.5) is 16.5 Å². The largest absolute Gasteiger partial charge is 0.462 e. The first kappa shape index (κ1) is 21.7. The second-order valence-corrected chi connectivity index (χ2v) is 8.56. The van der Waals surface area contributed by atoms with E-state index in [0.717, 1.165) is 10.1 Å². The van der Waals surface area contributed by atoms with E-state index in [4.69, 9.17) is 4.74 Å². The third-order valence-corrected chi connectivity index (χ3v) is 6.28. The molecule has 0 radical (unpaired) electrons. The summed E-state index contributed by atoms with van der Waals surface area (Å²) >= 11 is 1.51. The molecule has 1 aliphatic heterocycles. The third-order valence-electron chi connectivity index (χ3n) is 5.38. The molecule has 0 atom stereocenters. The molecule has 2 aromatic heterocycles. The highest BCUT2D eigenvalue weighted by molar-refractivity contribution is 7.15. The summed E-state index contributed by atoms with van der Waals surface area (Å²) in [5.41, 5.74) is 0.0450. The van der Waals surface area contributed by atoms with E-state index in [-0.39, 0.29) is 23.2 Å². The van der Waals surface area contributed by atoms with Gasteiger partial charge in [0.1, 0.15) is 16.3 Å². The van der Waals surface area contributed by atoms with Crippen molar-refractivity contribution in [3.63, 3.8) is 0 Å². The minimum Gasteiger partial charge on any atom is -0.462 e. The smallest absolute Gasteiger partial charge is 0.343 e. The topological polar surface area (TPSA) is 124 Å². The second kappa shape index (κ2) is 8.54. The number of piperazine rings is 1. The number of hydrogen-bond donors (Lipinski definition) is 0. The van der Waals surface area contributed by atoms with Crippen LogP contribution >= 0.6 is 11.3 Å². The van der Waals surface area contributed by atoms with Gasteiger partial charge in [0.25, 0.3) is 5.69 Å². The summed E-state index contributed by atoms with van der Waals surface area (Å²) in [7, 11) is 1.69. The van der Waals surface area contributed by atoms with E-state index in [1.165, 1.54) is 23.6 Å². The Morgan fingerprint density at radius 2 is 1.91 bits per heavy atom. The van der Waals surface area contributed by atoms with Crippen molar-refractivity contribution in [2.24, 2.45) is 7.05 Å². The van der Waals surface area contributed by atoms with Gasteiger partial charge in [-0.2, -0.15) is 0 Å². The van der Waals surface area contributed by atoms with Gasteiger partial charge in [-0.05, 0) is 19.9 Å². The standard InChI is InChI=1S/C20H22N6O5S/c1-4-31-19(28)14-11-23(3)15-10-16(17(26(29)30)9-13(15)18(14)27)24-5-7-25(8-6-24)20-22-21-12(2)32-20/h9-11H,4-8H2,1-3H3. The van der Waals surface area contributed by atoms with Crippen molar-refractivity contribution in [3.05, 3.63) is 49.2 Å². The Labute approximate surface area is 187 Å². The van der Waals surface area contributed by atoms with Crippen LogP contribution in [0.5, 0.6) is 0 Å². The van der Waals surface area contributed by atoms with Gasteiger partial charge in [0.15, 0.2) is 0 Å². The Bertz CT molecular complexity index is 1260. The number of rotatable bonds is 5. The number of nitrogens with zero attached hydrogens (tertiary/aromatic N) is 6. The highest BCUT2D eigenvalue weighted by atomic mass is 32.1. The van der Waals surface area contributed by atoms with Crippen LogP contribution < -0.4 is 15.2 Å². The summed E-state index contributed by atoms with van der Waals surface area (Å²) in [6.07, 6.45) is 1.41. The molecule has 11 nitrogen and oxygen atoms in total. The maximum atomic E-state index is 12.9. The number of carbonyl (C=O) groups is 1. The van der Waals surface area contributed by atoms with Crippen LogP contribution in [0.1, 0.15) is 22.3 Å². The monoisotopic (exact) mass is 458 g/mol. The number of nitro groups is 1. The van der Waals surface area contributed by atoms with Crippen LogP contribution in [0.15, 0.2) is 23.1 Å². The van der Waals surface area contributed by atoms with E-state index < -0.39 is 16.3 Å². The summed E-state index contributed by atoms with van der Waals surface area (Å²) in [5, 5.41) is 21.9. The Morgan fingerprint density at radius 1 is 1.22 bits per heavy atom. The summed E-state index contributed by atoms with van der Waals surface area (Å²) in [6.45, 7) is 6.07. The molecule has 168 valence electrons. The van der Waals surface area contributed by atoms with Crippen molar-refractivity contribution in [1.82, 2.24) is 14.8 Å². The SMILES string of the molecule is CCOC(=O)c1cn(C)c2cc(N3CCN(c4nnc(C)s4)CC3)c([N+](=O)[O-])cc2c1=O. The molecule has 32 heavy (non-hydrogen) atoms. The first-order chi connectivity index (χ1) is 15.3. The van der Waals surface area contributed by atoms with Crippen LogP contribution in [0.25, 0.3) is 10.9 Å². The number of pyridine rings is 1. The molecule has 3 aromatic rings. The predicted octanol–water partition coefficient (Wildman–Crippen LogP) is 2.11. The van der Waals surface area contributed by atoms with E-state index in [1.54, 1.807) is 24.6 Å². The van der Waals surface area contributed by atoms with Crippen LogP contribution in [-0.2, 0) is 11.8 Å². The number of nitro benzene ring substituents is 1. The minimum absolute atomic E-state index is 0.108. The highest BCUT2D eigenvalue weighted by Gasteiger charge is 2.27.